The minimum absolute atomic E-state index is 0.164. The molecule has 1 aromatic heterocycles. The van der Waals surface area contributed by atoms with Gasteiger partial charge >= 0.3 is 0 Å². The molecule has 7 nitrogen and oxygen atoms in total. The Morgan fingerprint density at radius 1 is 1.43 bits per heavy atom. The topological polar surface area (TPSA) is 111 Å². The summed E-state index contributed by atoms with van der Waals surface area (Å²) in [5, 5.41) is 12.7. The first-order valence-corrected chi connectivity index (χ1v) is 5.92. The molecule has 9 heteroatoms. The lowest BCUT2D eigenvalue weighted by atomic mass is 10.2. The van der Waals surface area contributed by atoms with Crippen LogP contribution in [0.1, 0.15) is 10.4 Å². The van der Waals surface area contributed by atoms with Gasteiger partial charge in [-0.05, 0) is 18.2 Å². The smallest absolute Gasteiger partial charge is 0.288 e. The highest BCUT2D eigenvalue weighted by molar-refractivity contribution is 6.33. The lowest BCUT2D eigenvalue weighted by Crippen LogP contribution is -2.14. The molecule has 21 heavy (non-hydrogen) atoms. The van der Waals surface area contributed by atoms with Gasteiger partial charge in [-0.15, -0.1) is 0 Å². The minimum Gasteiger partial charge on any atom is -0.399 e. The molecule has 0 aliphatic rings. The molecule has 1 amide bonds. The highest BCUT2D eigenvalue weighted by Crippen LogP contribution is 2.22. The third-order valence-corrected chi connectivity index (χ3v) is 2.82. The molecule has 0 unspecified atom stereocenters. The van der Waals surface area contributed by atoms with Gasteiger partial charge in [0.15, 0.2) is 0 Å². The number of amides is 1. The van der Waals surface area contributed by atoms with Crippen LogP contribution in [-0.2, 0) is 0 Å². The molecular weight excluding hydrogens is 303 g/mol. The fourth-order valence-electron chi connectivity index (χ4n) is 1.52. The highest BCUT2D eigenvalue weighted by Gasteiger charge is 2.18. The number of carbonyl (C=O) groups excluding carboxylic acids is 1. The molecule has 1 heterocycles. The van der Waals surface area contributed by atoms with Crippen molar-refractivity contribution in [1.82, 2.24) is 4.98 Å². The number of aromatic nitrogens is 1. The first-order valence-electron chi connectivity index (χ1n) is 5.55. The number of rotatable bonds is 3. The summed E-state index contributed by atoms with van der Waals surface area (Å²) in [6.07, 6.45) is 0.917. The van der Waals surface area contributed by atoms with Crippen LogP contribution in [0.15, 0.2) is 30.5 Å². The summed E-state index contributed by atoms with van der Waals surface area (Å²) in [6, 6.07) is 4.58. The molecule has 1 aromatic carbocycles. The maximum Gasteiger partial charge on any atom is 0.288 e. The zero-order chi connectivity index (χ0) is 15.6. The normalized spacial score (nSPS) is 10.2. The van der Waals surface area contributed by atoms with E-state index in [4.69, 9.17) is 17.3 Å². The minimum atomic E-state index is -0.833. The number of benzene rings is 1. The van der Waals surface area contributed by atoms with Gasteiger partial charge in [0.25, 0.3) is 11.6 Å². The van der Waals surface area contributed by atoms with E-state index in [9.17, 15) is 19.3 Å². The largest absolute Gasteiger partial charge is 0.399 e. The Balaban J connectivity index is 2.34. The predicted molar refractivity (Wildman–Crippen MR) is 74.7 cm³/mol. The molecule has 0 aliphatic carbocycles. The fraction of sp³-hybridized carbons (Fsp3) is 0. The summed E-state index contributed by atoms with van der Waals surface area (Å²) in [7, 11) is 0. The molecule has 0 fully saturated rings. The number of hydrogen-bond donors (Lipinski definition) is 2. The zero-order valence-corrected chi connectivity index (χ0v) is 11.1. The number of anilines is 2. The van der Waals surface area contributed by atoms with Crippen LogP contribution < -0.4 is 11.1 Å². The summed E-state index contributed by atoms with van der Waals surface area (Å²) in [6.45, 7) is 0. The van der Waals surface area contributed by atoms with Gasteiger partial charge in [-0.2, -0.15) is 0 Å². The van der Waals surface area contributed by atoms with Gasteiger partial charge in [0.05, 0.1) is 16.2 Å². The van der Waals surface area contributed by atoms with Gasteiger partial charge in [0.2, 0.25) is 0 Å². The van der Waals surface area contributed by atoms with Crippen molar-refractivity contribution in [1.29, 1.82) is 0 Å². The summed E-state index contributed by atoms with van der Waals surface area (Å²) in [4.78, 5) is 25.5. The maximum atomic E-state index is 13.5. The molecule has 0 saturated heterocycles. The van der Waals surface area contributed by atoms with Gasteiger partial charge in [0.1, 0.15) is 17.2 Å². The van der Waals surface area contributed by atoms with Gasteiger partial charge in [0, 0.05) is 11.8 Å². The van der Waals surface area contributed by atoms with Crippen LogP contribution in [0.3, 0.4) is 0 Å². The van der Waals surface area contributed by atoms with Crippen LogP contribution in [0.25, 0.3) is 0 Å². The van der Waals surface area contributed by atoms with Crippen molar-refractivity contribution in [3.8, 4) is 0 Å². The second kappa shape index (κ2) is 5.71. The zero-order valence-electron chi connectivity index (χ0n) is 10.3. The van der Waals surface area contributed by atoms with Crippen molar-refractivity contribution >= 4 is 34.6 Å². The van der Waals surface area contributed by atoms with Gasteiger partial charge < -0.3 is 11.1 Å². The van der Waals surface area contributed by atoms with Gasteiger partial charge in [-0.25, -0.2) is 9.37 Å². The molecule has 2 rings (SSSR count). The van der Waals surface area contributed by atoms with E-state index in [2.05, 4.69) is 10.3 Å². The summed E-state index contributed by atoms with van der Waals surface area (Å²) < 4.78 is 13.5. The molecule has 0 spiro atoms. The standard InChI is InChI=1S/C12H8ClFN4O3/c13-11-8(4-7(5-16-11)18(20)21)12(19)17-10-3-6(15)1-2-9(10)14/h1-5H,15H2,(H,17,19). The fourth-order valence-corrected chi connectivity index (χ4v) is 1.71. The first kappa shape index (κ1) is 14.7. The number of nitrogens with zero attached hydrogens (tertiary/aromatic N) is 2. The lowest BCUT2D eigenvalue weighted by molar-refractivity contribution is -0.385. The van der Waals surface area contributed by atoms with E-state index in [1.807, 2.05) is 0 Å². The average molecular weight is 311 g/mol. The molecule has 2 aromatic rings. The van der Waals surface area contributed by atoms with Crippen molar-refractivity contribution in [2.45, 2.75) is 0 Å². The van der Waals surface area contributed by atoms with Crippen molar-refractivity contribution in [2.24, 2.45) is 0 Å². The van der Waals surface area contributed by atoms with Gasteiger partial charge in [-0.3, -0.25) is 14.9 Å². The molecule has 0 bridgehead atoms. The van der Waals surface area contributed by atoms with Crippen molar-refractivity contribution in [3.05, 3.63) is 57.1 Å². The maximum absolute atomic E-state index is 13.5. The summed E-state index contributed by atoms with van der Waals surface area (Å²) in [5.74, 6) is -1.53. The van der Waals surface area contributed by atoms with Crippen LogP contribution >= 0.6 is 11.6 Å². The Kier molecular flexibility index (Phi) is 3.99. The van der Waals surface area contributed by atoms with E-state index in [0.717, 1.165) is 18.3 Å². The van der Waals surface area contributed by atoms with Crippen molar-refractivity contribution < 1.29 is 14.1 Å². The van der Waals surface area contributed by atoms with E-state index in [1.165, 1.54) is 12.1 Å². The van der Waals surface area contributed by atoms with Crippen molar-refractivity contribution in [3.63, 3.8) is 0 Å². The number of nitrogens with one attached hydrogen (secondary N) is 1. The third-order valence-electron chi connectivity index (χ3n) is 2.52. The molecular formula is C12H8ClFN4O3. The lowest BCUT2D eigenvalue weighted by Gasteiger charge is -2.08. The molecule has 0 atom stereocenters. The van der Waals surface area contributed by atoms with Crippen molar-refractivity contribution in [2.75, 3.05) is 11.1 Å². The molecule has 0 saturated carbocycles. The van der Waals surface area contributed by atoms with E-state index in [-0.39, 0.29) is 22.1 Å². The Bertz CT molecular complexity index is 738. The SMILES string of the molecule is Nc1ccc(F)c(NC(=O)c2cc([N+](=O)[O-])cnc2Cl)c1. The van der Waals surface area contributed by atoms with E-state index in [1.54, 1.807) is 0 Å². The highest BCUT2D eigenvalue weighted by atomic mass is 35.5. The third kappa shape index (κ3) is 3.23. The van der Waals surface area contributed by atoms with E-state index < -0.39 is 22.3 Å². The number of carbonyl (C=O) groups is 1. The average Bonchev–Trinajstić information content (AvgIpc) is 2.43. The molecule has 0 aliphatic heterocycles. The summed E-state index contributed by atoms with van der Waals surface area (Å²) >= 11 is 5.72. The summed E-state index contributed by atoms with van der Waals surface area (Å²) in [5.41, 5.74) is 4.92. The Morgan fingerprint density at radius 2 is 2.14 bits per heavy atom. The number of nitro groups is 1. The van der Waals surface area contributed by atoms with E-state index in [0.29, 0.717) is 0 Å². The molecule has 0 radical (unpaired) electrons. The first-order chi connectivity index (χ1) is 9.88. The number of hydrogen-bond acceptors (Lipinski definition) is 5. The van der Waals surface area contributed by atoms with Crippen LogP contribution in [0.2, 0.25) is 5.15 Å². The van der Waals surface area contributed by atoms with Crippen LogP contribution in [0.4, 0.5) is 21.5 Å². The Labute approximate surface area is 122 Å². The number of nitrogens with two attached hydrogens (primary N) is 1. The second-order valence-corrected chi connectivity index (χ2v) is 4.34. The predicted octanol–water partition coefficient (Wildman–Crippen LogP) is 2.62. The molecule has 3 N–H and O–H groups in total. The van der Waals surface area contributed by atoms with Crippen LogP contribution in [-0.4, -0.2) is 15.8 Å². The Hall–Kier alpha value is -2.74. The molecule has 108 valence electrons. The second-order valence-electron chi connectivity index (χ2n) is 3.98. The number of pyridine rings is 1. The Morgan fingerprint density at radius 3 is 2.81 bits per heavy atom. The van der Waals surface area contributed by atoms with Gasteiger partial charge in [-0.1, -0.05) is 11.6 Å². The monoisotopic (exact) mass is 310 g/mol. The van der Waals surface area contributed by atoms with E-state index >= 15 is 0 Å². The quantitative estimate of drug-likeness (QED) is 0.392. The number of nitrogen functional groups attached to an aromatic ring is 1. The van der Waals surface area contributed by atoms with Crippen LogP contribution in [0.5, 0.6) is 0 Å². The van der Waals surface area contributed by atoms with Crippen LogP contribution in [0, 0.1) is 15.9 Å². The number of halogens is 2.